The molecule has 104 valence electrons. The number of carboxylic acid groups (broad SMARTS) is 1. The van der Waals surface area contributed by atoms with Gasteiger partial charge in [0.2, 0.25) is 5.91 Å². The molecule has 0 unspecified atom stereocenters. The van der Waals surface area contributed by atoms with Crippen molar-refractivity contribution in [1.29, 1.82) is 0 Å². The van der Waals surface area contributed by atoms with Gasteiger partial charge in [-0.15, -0.1) is 0 Å². The first-order valence-electron chi connectivity index (χ1n) is 5.79. The first-order valence-corrected chi connectivity index (χ1v) is 5.79. The van der Waals surface area contributed by atoms with E-state index in [0.717, 1.165) is 0 Å². The number of amides is 1. The van der Waals surface area contributed by atoms with Crippen LogP contribution in [0, 0.1) is 0 Å². The van der Waals surface area contributed by atoms with Crippen molar-refractivity contribution in [1.82, 2.24) is 9.78 Å². The number of ether oxygens (including phenoxy) is 1. The molecule has 20 heavy (non-hydrogen) atoms. The third-order valence-corrected chi connectivity index (χ3v) is 2.51. The van der Waals surface area contributed by atoms with Gasteiger partial charge in [0.1, 0.15) is 6.61 Å². The summed E-state index contributed by atoms with van der Waals surface area (Å²) in [6.45, 7) is -0.0617. The van der Waals surface area contributed by atoms with E-state index < -0.39 is 5.97 Å². The zero-order valence-electron chi connectivity index (χ0n) is 10.7. The minimum Gasteiger partial charge on any atom is -0.476 e. The molecular weight excluding hydrogens is 262 g/mol. The first kappa shape index (κ1) is 13.8. The minimum atomic E-state index is -1.11. The summed E-state index contributed by atoms with van der Waals surface area (Å²) in [6.07, 6.45) is 1.52. The van der Waals surface area contributed by atoms with E-state index in [1.807, 2.05) is 0 Å². The van der Waals surface area contributed by atoms with Crippen LogP contribution in [-0.4, -0.2) is 40.5 Å². The monoisotopic (exact) mass is 275 g/mol. The van der Waals surface area contributed by atoms with E-state index in [0.29, 0.717) is 11.4 Å². The number of para-hydroxylation sites is 2. The van der Waals surface area contributed by atoms with Crippen molar-refractivity contribution in [3.8, 4) is 5.69 Å². The summed E-state index contributed by atoms with van der Waals surface area (Å²) in [7, 11) is 1.43. The molecule has 0 saturated heterocycles. The van der Waals surface area contributed by atoms with Gasteiger partial charge in [-0.05, 0) is 18.2 Å². The van der Waals surface area contributed by atoms with Crippen LogP contribution >= 0.6 is 0 Å². The second-order valence-corrected chi connectivity index (χ2v) is 3.95. The quantitative estimate of drug-likeness (QED) is 0.854. The van der Waals surface area contributed by atoms with Gasteiger partial charge in [0.25, 0.3) is 0 Å². The Morgan fingerprint density at radius 2 is 2.10 bits per heavy atom. The summed E-state index contributed by atoms with van der Waals surface area (Å²) in [5.41, 5.74) is 1.03. The molecule has 2 N–H and O–H groups in total. The number of nitrogens with zero attached hydrogens (tertiary/aromatic N) is 2. The molecule has 2 aromatic rings. The minimum absolute atomic E-state index is 0.0617. The number of carbonyl (C=O) groups excluding carboxylic acids is 1. The molecule has 0 bridgehead atoms. The third kappa shape index (κ3) is 3.01. The van der Waals surface area contributed by atoms with Crippen LogP contribution in [0.5, 0.6) is 0 Å². The van der Waals surface area contributed by atoms with Gasteiger partial charge in [-0.2, -0.15) is 5.10 Å². The van der Waals surface area contributed by atoms with Crippen LogP contribution < -0.4 is 5.32 Å². The SMILES string of the molecule is COCC(=O)Nc1ccccc1-n1ccc(C(=O)O)n1. The Morgan fingerprint density at radius 3 is 2.75 bits per heavy atom. The molecule has 7 heteroatoms. The molecule has 0 fully saturated rings. The highest BCUT2D eigenvalue weighted by atomic mass is 16.5. The number of nitrogens with one attached hydrogen (secondary N) is 1. The standard InChI is InChI=1S/C13H13N3O4/c1-20-8-12(17)14-9-4-2-3-5-11(9)16-7-6-10(15-16)13(18)19/h2-7H,8H2,1H3,(H,14,17)(H,18,19). The van der Waals surface area contributed by atoms with Crippen molar-refractivity contribution in [3.05, 3.63) is 42.2 Å². The normalized spacial score (nSPS) is 10.2. The lowest BCUT2D eigenvalue weighted by molar-refractivity contribution is -0.119. The van der Waals surface area contributed by atoms with E-state index in [1.54, 1.807) is 24.3 Å². The van der Waals surface area contributed by atoms with Gasteiger partial charge in [-0.3, -0.25) is 4.79 Å². The van der Waals surface area contributed by atoms with Crippen molar-refractivity contribution in [2.45, 2.75) is 0 Å². The van der Waals surface area contributed by atoms with E-state index in [4.69, 9.17) is 9.84 Å². The molecule has 1 amide bonds. The largest absolute Gasteiger partial charge is 0.476 e. The van der Waals surface area contributed by atoms with Crippen LogP contribution in [0.3, 0.4) is 0 Å². The maximum Gasteiger partial charge on any atom is 0.356 e. The molecule has 7 nitrogen and oxygen atoms in total. The maximum absolute atomic E-state index is 11.5. The van der Waals surface area contributed by atoms with Crippen LogP contribution in [0.4, 0.5) is 5.69 Å². The van der Waals surface area contributed by atoms with Gasteiger partial charge in [0.05, 0.1) is 11.4 Å². The molecule has 1 aromatic heterocycles. The summed E-state index contributed by atoms with van der Waals surface area (Å²) < 4.78 is 6.14. The molecule has 1 heterocycles. The van der Waals surface area contributed by atoms with Gasteiger partial charge in [-0.25, -0.2) is 9.48 Å². The molecule has 1 aromatic carbocycles. The predicted molar refractivity (Wildman–Crippen MR) is 71.0 cm³/mol. The van der Waals surface area contributed by atoms with Crippen molar-refractivity contribution in [3.63, 3.8) is 0 Å². The fourth-order valence-corrected chi connectivity index (χ4v) is 1.67. The third-order valence-electron chi connectivity index (χ3n) is 2.51. The molecule has 0 radical (unpaired) electrons. The Labute approximate surface area is 114 Å². The Morgan fingerprint density at radius 1 is 1.35 bits per heavy atom. The topological polar surface area (TPSA) is 93.5 Å². The van der Waals surface area contributed by atoms with Gasteiger partial charge >= 0.3 is 5.97 Å². The van der Waals surface area contributed by atoms with Crippen molar-refractivity contribution >= 4 is 17.6 Å². The summed E-state index contributed by atoms with van der Waals surface area (Å²) >= 11 is 0. The molecule has 2 rings (SSSR count). The second kappa shape index (κ2) is 5.98. The average Bonchev–Trinajstić information content (AvgIpc) is 2.89. The first-order chi connectivity index (χ1) is 9.61. The number of carbonyl (C=O) groups is 2. The number of methoxy groups -OCH3 is 1. The van der Waals surface area contributed by atoms with Crippen molar-refractivity contribution < 1.29 is 19.4 Å². The number of aromatic carboxylic acids is 1. The fourth-order valence-electron chi connectivity index (χ4n) is 1.67. The Balaban J connectivity index is 2.31. The molecule has 0 spiro atoms. The van der Waals surface area contributed by atoms with Crippen LogP contribution in [0.15, 0.2) is 36.5 Å². The fraction of sp³-hybridized carbons (Fsp3) is 0.154. The van der Waals surface area contributed by atoms with Crippen LogP contribution in [0.2, 0.25) is 0 Å². The smallest absolute Gasteiger partial charge is 0.356 e. The average molecular weight is 275 g/mol. The molecule has 0 aliphatic carbocycles. The summed E-state index contributed by atoms with van der Waals surface area (Å²) in [5, 5.41) is 15.5. The lowest BCUT2D eigenvalue weighted by Gasteiger charge is -2.10. The molecule has 0 aliphatic heterocycles. The zero-order chi connectivity index (χ0) is 14.5. The summed E-state index contributed by atoms with van der Waals surface area (Å²) in [6, 6.07) is 8.33. The van der Waals surface area contributed by atoms with Crippen molar-refractivity contribution in [2.75, 3.05) is 19.0 Å². The molecule has 0 aliphatic rings. The van der Waals surface area contributed by atoms with Crippen LogP contribution in [-0.2, 0) is 9.53 Å². The maximum atomic E-state index is 11.5. The number of benzene rings is 1. The number of hydrogen-bond acceptors (Lipinski definition) is 4. The number of carboxylic acids is 1. The number of anilines is 1. The Bertz CT molecular complexity index is 636. The van der Waals surface area contributed by atoms with E-state index >= 15 is 0 Å². The summed E-state index contributed by atoms with van der Waals surface area (Å²) in [5.74, 6) is -1.41. The summed E-state index contributed by atoms with van der Waals surface area (Å²) in [4.78, 5) is 22.4. The predicted octanol–water partition coefficient (Wildman–Crippen LogP) is 1.16. The lowest BCUT2D eigenvalue weighted by Crippen LogP contribution is -2.18. The zero-order valence-corrected chi connectivity index (χ0v) is 10.7. The highest BCUT2D eigenvalue weighted by Crippen LogP contribution is 2.19. The van der Waals surface area contributed by atoms with Crippen molar-refractivity contribution in [2.24, 2.45) is 0 Å². The molecule has 0 atom stereocenters. The van der Waals surface area contributed by atoms with Crippen LogP contribution in [0.25, 0.3) is 5.69 Å². The van der Waals surface area contributed by atoms with E-state index in [1.165, 1.54) is 24.1 Å². The van der Waals surface area contributed by atoms with Gasteiger partial charge in [0.15, 0.2) is 5.69 Å². The van der Waals surface area contributed by atoms with E-state index in [-0.39, 0.29) is 18.2 Å². The van der Waals surface area contributed by atoms with Gasteiger partial charge in [0, 0.05) is 13.3 Å². The highest BCUT2D eigenvalue weighted by molar-refractivity contribution is 5.93. The Hall–Kier alpha value is -2.67. The number of rotatable bonds is 5. The second-order valence-electron chi connectivity index (χ2n) is 3.95. The number of hydrogen-bond donors (Lipinski definition) is 2. The number of aromatic nitrogens is 2. The highest BCUT2D eigenvalue weighted by Gasteiger charge is 2.11. The lowest BCUT2D eigenvalue weighted by atomic mass is 10.2. The van der Waals surface area contributed by atoms with Gasteiger partial charge in [-0.1, -0.05) is 12.1 Å². The van der Waals surface area contributed by atoms with Gasteiger partial charge < -0.3 is 15.2 Å². The molecule has 0 saturated carbocycles. The molecular formula is C13H13N3O4. The van der Waals surface area contributed by atoms with Crippen LogP contribution in [0.1, 0.15) is 10.5 Å². The van der Waals surface area contributed by atoms with E-state index in [9.17, 15) is 9.59 Å². The Kier molecular flexibility index (Phi) is 4.11. The van der Waals surface area contributed by atoms with E-state index in [2.05, 4.69) is 10.4 Å².